The fraction of sp³-hybridized carbons (Fsp3) is 0.357. The second-order valence-corrected chi connectivity index (χ2v) is 10.5. The molecule has 0 saturated carbocycles. The summed E-state index contributed by atoms with van der Waals surface area (Å²) in [5.74, 6) is -2.39. The summed E-state index contributed by atoms with van der Waals surface area (Å²) < 4.78 is 0. The van der Waals surface area contributed by atoms with Crippen LogP contribution in [0.2, 0.25) is 0 Å². The predicted octanol–water partition coefficient (Wildman–Crippen LogP) is 3.20. The largest absolute Gasteiger partial charge is 0.480 e. The number of carboxylic acids is 1. The van der Waals surface area contributed by atoms with Gasteiger partial charge in [0.05, 0.1) is 5.41 Å². The smallest absolute Gasteiger partial charge is 0.326 e. The number of benzene rings is 2. The number of amides is 3. The number of rotatable bonds is 6. The zero-order chi connectivity index (χ0) is 26.5. The van der Waals surface area contributed by atoms with Crippen LogP contribution in [0.1, 0.15) is 48.3 Å². The lowest BCUT2D eigenvalue weighted by Gasteiger charge is -2.29. The number of aryl methyl sites for hydroxylation is 1. The highest BCUT2D eigenvalue weighted by Crippen LogP contribution is 2.46. The number of hydrogen-bond acceptors (Lipinski definition) is 4. The van der Waals surface area contributed by atoms with E-state index in [1.807, 2.05) is 39.0 Å². The minimum atomic E-state index is -1.19. The Morgan fingerprint density at radius 3 is 2.62 bits per heavy atom. The Morgan fingerprint density at radius 2 is 1.92 bits per heavy atom. The molecular weight excluding hydrogens is 472 g/mol. The Bertz CT molecular complexity index is 1430. The lowest BCUT2D eigenvalue weighted by atomic mass is 9.79. The molecule has 1 fully saturated rings. The number of carbonyl (C=O) groups excluding carboxylic acids is 3. The summed E-state index contributed by atoms with van der Waals surface area (Å²) in [6.45, 7) is 5.75. The van der Waals surface area contributed by atoms with Crippen LogP contribution in [0.5, 0.6) is 0 Å². The van der Waals surface area contributed by atoms with Gasteiger partial charge in [-0.2, -0.15) is 0 Å². The quantitative estimate of drug-likeness (QED) is 0.411. The van der Waals surface area contributed by atoms with Crippen LogP contribution < -0.4 is 10.6 Å². The molecule has 0 radical (unpaired) electrons. The average molecular weight is 503 g/mol. The topological polar surface area (TPSA) is 132 Å². The van der Waals surface area contributed by atoms with Crippen LogP contribution in [0.3, 0.4) is 0 Å². The molecule has 3 amide bonds. The summed E-state index contributed by atoms with van der Waals surface area (Å²) in [6, 6.07) is 12.5. The van der Waals surface area contributed by atoms with E-state index >= 15 is 0 Å². The third kappa shape index (κ3) is 4.14. The molecule has 2 aliphatic rings. The molecule has 0 bridgehead atoms. The van der Waals surface area contributed by atoms with Gasteiger partial charge in [0, 0.05) is 23.1 Å². The number of anilines is 1. The van der Waals surface area contributed by atoms with E-state index in [-0.39, 0.29) is 24.8 Å². The van der Waals surface area contributed by atoms with E-state index in [1.165, 1.54) is 4.90 Å². The van der Waals surface area contributed by atoms with Gasteiger partial charge in [-0.3, -0.25) is 14.4 Å². The zero-order valence-corrected chi connectivity index (χ0v) is 21.0. The van der Waals surface area contributed by atoms with Crippen LogP contribution in [0.25, 0.3) is 10.9 Å². The Hall–Kier alpha value is -4.14. The maximum Gasteiger partial charge on any atom is 0.326 e. The molecule has 9 nitrogen and oxygen atoms in total. The van der Waals surface area contributed by atoms with Crippen molar-refractivity contribution in [3.63, 3.8) is 0 Å². The molecule has 9 heteroatoms. The van der Waals surface area contributed by atoms with E-state index in [4.69, 9.17) is 0 Å². The van der Waals surface area contributed by atoms with Crippen molar-refractivity contribution in [3.05, 3.63) is 65.4 Å². The first-order valence-electron chi connectivity index (χ1n) is 12.4. The fourth-order valence-corrected chi connectivity index (χ4v) is 5.65. The van der Waals surface area contributed by atoms with Gasteiger partial charge in [-0.15, -0.1) is 0 Å². The molecule has 1 aromatic heterocycles. The summed E-state index contributed by atoms with van der Waals surface area (Å²) in [6.07, 6.45) is 0.295. The molecule has 3 heterocycles. The first kappa shape index (κ1) is 24.5. The summed E-state index contributed by atoms with van der Waals surface area (Å²) in [4.78, 5) is 56.8. The van der Waals surface area contributed by atoms with E-state index in [9.17, 15) is 24.3 Å². The summed E-state index contributed by atoms with van der Waals surface area (Å²) in [7, 11) is 0. The summed E-state index contributed by atoms with van der Waals surface area (Å²) >= 11 is 0. The number of carbonyl (C=O) groups is 4. The number of likely N-dealkylation sites (tertiary alicyclic amines) is 1. The number of hydrogen-bond donors (Lipinski definition) is 4. The summed E-state index contributed by atoms with van der Waals surface area (Å²) in [5.41, 5.74) is 2.34. The van der Waals surface area contributed by atoms with Crippen molar-refractivity contribution in [3.8, 4) is 0 Å². The Balaban J connectivity index is 1.44. The van der Waals surface area contributed by atoms with Gasteiger partial charge in [-0.25, -0.2) is 4.79 Å². The first-order valence-corrected chi connectivity index (χ1v) is 12.4. The maximum absolute atomic E-state index is 13.9. The highest BCUT2D eigenvalue weighted by Gasteiger charge is 2.58. The van der Waals surface area contributed by atoms with E-state index in [0.717, 1.165) is 16.5 Å². The maximum atomic E-state index is 13.9. The van der Waals surface area contributed by atoms with Crippen LogP contribution in [-0.4, -0.2) is 57.3 Å². The third-order valence-corrected chi connectivity index (χ3v) is 7.49. The molecule has 3 atom stereocenters. The second-order valence-electron chi connectivity index (χ2n) is 10.5. The molecule has 2 aromatic carbocycles. The number of para-hydroxylation sites is 1. The highest BCUT2D eigenvalue weighted by molar-refractivity contribution is 6.08. The predicted molar refractivity (Wildman–Crippen MR) is 138 cm³/mol. The Labute approximate surface area is 214 Å². The number of nitrogens with one attached hydrogen (secondary N) is 3. The number of carboxylic acid groups (broad SMARTS) is 1. The van der Waals surface area contributed by atoms with Gasteiger partial charge in [0.15, 0.2) is 0 Å². The van der Waals surface area contributed by atoms with E-state index in [1.54, 1.807) is 30.3 Å². The van der Waals surface area contributed by atoms with Gasteiger partial charge in [0.25, 0.3) is 5.91 Å². The molecule has 0 aliphatic carbocycles. The zero-order valence-electron chi connectivity index (χ0n) is 21.0. The number of fused-ring (bicyclic) bond motifs is 3. The lowest BCUT2D eigenvalue weighted by molar-refractivity contribution is -0.149. The summed E-state index contributed by atoms with van der Waals surface area (Å²) in [5, 5.41) is 16.6. The molecule has 0 unspecified atom stereocenters. The first-order chi connectivity index (χ1) is 17.6. The number of aromatic amines is 1. The second kappa shape index (κ2) is 9.06. The number of H-pyrrole nitrogens is 1. The van der Waals surface area contributed by atoms with Gasteiger partial charge in [-0.05, 0) is 55.0 Å². The SMILES string of the molecule is Cc1cccc2[nH]c(C(=O)N[C@@H](CC(C)C)C(=O)N3C[C@]4(C[C@H]3C(=O)O)C(=O)Nc3ccccc34)cc12. The molecule has 5 rings (SSSR count). The van der Waals surface area contributed by atoms with E-state index in [2.05, 4.69) is 15.6 Å². The minimum absolute atomic E-state index is 0.0272. The standard InChI is InChI=1S/C28H30N4O5/c1-15(2)11-22(30-24(33)21-12-17-16(3)7-6-10-19(17)29-21)25(34)32-14-28(13-23(32)26(35)36)18-8-4-5-9-20(18)31-27(28)37/h4-10,12,15,22-23,29H,11,13-14H2,1-3H3,(H,30,33)(H,31,37)(H,35,36)/t22-,23-,28-/m0/s1. The molecule has 2 aliphatic heterocycles. The van der Waals surface area contributed by atoms with Crippen molar-refractivity contribution in [2.45, 2.75) is 51.1 Å². The van der Waals surface area contributed by atoms with E-state index in [0.29, 0.717) is 23.4 Å². The number of aliphatic carboxylic acids is 1. The molecular formula is C28H30N4O5. The van der Waals surface area contributed by atoms with Crippen LogP contribution >= 0.6 is 0 Å². The molecule has 37 heavy (non-hydrogen) atoms. The van der Waals surface area contributed by atoms with Crippen molar-refractivity contribution in [1.82, 2.24) is 15.2 Å². The highest BCUT2D eigenvalue weighted by atomic mass is 16.4. The monoisotopic (exact) mass is 502 g/mol. The number of nitrogens with zero attached hydrogens (tertiary/aromatic N) is 1. The third-order valence-electron chi connectivity index (χ3n) is 7.49. The van der Waals surface area contributed by atoms with E-state index < -0.39 is 35.3 Å². The van der Waals surface area contributed by atoms with Gasteiger partial charge < -0.3 is 25.6 Å². The Morgan fingerprint density at radius 1 is 1.16 bits per heavy atom. The van der Waals surface area contributed by atoms with Crippen molar-refractivity contribution < 1.29 is 24.3 Å². The lowest BCUT2D eigenvalue weighted by Crippen LogP contribution is -2.52. The van der Waals surface area contributed by atoms with Gasteiger partial charge in [-0.1, -0.05) is 44.2 Å². The Kier molecular flexibility index (Phi) is 6.01. The fourth-order valence-electron chi connectivity index (χ4n) is 5.65. The van der Waals surface area contributed by atoms with Crippen molar-refractivity contribution in [2.24, 2.45) is 5.92 Å². The van der Waals surface area contributed by atoms with Crippen molar-refractivity contribution in [2.75, 3.05) is 11.9 Å². The average Bonchev–Trinajstić information content (AvgIpc) is 3.54. The number of aromatic nitrogens is 1. The van der Waals surface area contributed by atoms with Crippen LogP contribution in [0.4, 0.5) is 5.69 Å². The van der Waals surface area contributed by atoms with Crippen molar-refractivity contribution in [1.29, 1.82) is 0 Å². The normalized spacial score (nSPS) is 21.4. The molecule has 1 spiro atoms. The van der Waals surface area contributed by atoms with Crippen LogP contribution in [0.15, 0.2) is 48.5 Å². The van der Waals surface area contributed by atoms with Gasteiger partial charge >= 0.3 is 5.97 Å². The molecule has 3 aromatic rings. The molecule has 1 saturated heterocycles. The molecule has 192 valence electrons. The minimum Gasteiger partial charge on any atom is -0.480 e. The van der Waals surface area contributed by atoms with Gasteiger partial charge in [0.2, 0.25) is 11.8 Å². The van der Waals surface area contributed by atoms with Crippen LogP contribution in [0, 0.1) is 12.8 Å². The van der Waals surface area contributed by atoms with Crippen molar-refractivity contribution >= 4 is 40.3 Å². The van der Waals surface area contributed by atoms with Gasteiger partial charge in [0.1, 0.15) is 17.8 Å². The van der Waals surface area contributed by atoms with Crippen LogP contribution in [-0.2, 0) is 19.8 Å². The molecule has 4 N–H and O–H groups in total.